The lowest BCUT2D eigenvalue weighted by Crippen LogP contribution is -2.08. The monoisotopic (exact) mass is 332 g/mol. The first kappa shape index (κ1) is 12.0. The molecule has 2 rings (SSSR count). The molecule has 0 aromatic heterocycles. The Balaban J connectivity index is 2.05. The van der Waals surface area contributed by atoms with E-state index < -0.39 is 0 Å². The molecule has 0 aliphatic heterocycles. The van der Waals surface area contributed by atoms with Gasteiger partial charge in [0, 0.05) is 0 Å². The highest BCUT2D eigenvalue weighted by Crippen LogP contribution is 2.34. The Morgan fingerprint density at radius 3 is 2.62 bits per heavy atom. The van der Waals surface area contributed by atoms with Gasteiger partial charge in [-0.2, -0.15) is 0 Å². The van der Waals surface area contributed by atoms with Crippen LogP contribution < -0.4 is 9.47 Å². The first-order valence-corrected chi connectivity index (χ1v) is 6.82. The largest absolute Gasteiger partial charge is 0.492 e. The summed E-state index contributed by atoms with van der Waals surface area (Å²) in [6.07, 6.45) is 2.84. The summed E-state index contributed by atoms with van der Waals surface area (Å²) >= 11 is 2.29. The van der Waals surface area contributed by atoms with Crippen LogP contribution in [0.2, 0.25) is 0 Å². The van der Waals surface area contributed by atoms with Gasteiger partial charge in [-0.15, -0.1) is 0 Å². The van der Waals surface area contributed by atoms with Crippen molar-refractivity contribution in [1.29, 1.82) is 0 Å². The molecule has 1 fully saturated rings. The minimum absolute atomic E-state index is 0.201. The zero-order chi connectivity index (χ0) is 11.5. The van der Waals surface area contributed by atoms with Gasteiger partial charge in [0.2, 0.25) is 0 Å². The molecule has 1 saturated carbocycles. The molecule has 3 heteroatoms. The first-order valence-electron chi connectivity index (χ1n) is 5.75. The molecule has 0 saturated heterocycles. The summed E-state index contributed by atoms with van der Waals surface area (Å²) < 4.78 is 12.6. The maximum Gasteiger partial charge on any atom is 0.136 e. The van der Waals surface area contributed by atoms with Gasteiger partial charge in [0.15, 0.2) is 0 Å². The molecule has 88 valence electrons. The van der Waals surface area contributed by atoms with E-state index in [4.69, 9.17) is 9.47 Å². The Kier molecular flexibility index (Phi) is 3.95. The molecular formula is C13H17IO2. The quantitative estimate of drug-likeness (QED) is 0.762. The minimum Gasteiger partial charge on any atom is -0.492 e. The van der Waals surface area contributed by atoms with Crippen molar-refractivity contribution in [2.75, 3.05) is 6.61 Å². The second kappa shape index (κ2) is 5.25. The molecule has 1 aromatic carbocycles. The Labute approximate surface area is 110 Å². The van der Waals surface area contributed by atoms with Crippen LogP contribution in [0.5, 0.6) is 11.5 Å². The van der Waals surface area contributed by atoms with Crippen LogP contribution in [-0.4, -0.2) is 12.7 Å². The van der Waals surface area contributed by atoms with E-state index >= 15 is 0 Å². The number of benzene rings is 1. The van der Waals surface area contributed by atoms with Crippen molar-refractivity contribution in [3.63, 3.8) is 0 Å². The molecule has 0 bridgehead atoms. The van der Waals surface area contributed by atoms with Crippen molar-refractivity contribution in [2.24, 2.45) is 5.92 Å². The highest BCUT2D eigenvalue weighted by atomic mass is 127. The van der Waals surface area contributed by atoms with E-state index in [2.05, 4.69) is 22.6 Å². The predicted molar refractivity (Wildman–Crippen MR) is 73.1 cm³/mol. The van der Waals surface area contributed by atoms with Crippen LogP contribution in [-0.2, 0) is 0 Å². The molecule has 2 nitrogen and oxygen atoms in total. The zero-order valence-corrected chi connectivity index (χ0v) is 11.9. The lowest BCUT2D eigenvalue weighted by atomic mass is 10.3. The van der Waals surface area contributed by atoms with Gasteiger partial charge in [-0.3, -0.25) is 0 Å². The topological polar surface area (TPSA) is 18.5 Å². The summed E-state index contributed by atoms with van der Waals surface area (Å²) in [6.45, 7) is 4.92. The third-order valence-electron chi connectivity index (χ3n) is 2.46. The SMILES string of the molecule is CC(C)Oc1cccc(OCC2CC2)c1I. The fourth-order valence-electron chi connectivity index (χ4n) is 1.44. The number of hydrogen-bond donors (Lipinski definition) is 0. The van der Waals surface area contributed by atoms with Crippen LogP contribution >= 0.6 is 22.6 Å². The van der Waals surface area contributed by atoms with Gasteiger partial charge in [-0.05, 0) is 67.3 Å². The molecule has 0 heterocycles. The zero-order valence-electron chi connectivity index (χ0n) is 9.70. The average molecular weight is 332 g/mol. The smallest absolute Gasteiger partial charge is 0.136 e. The van der Waals surface area contributed by atoms with E-state index in [9.17, 15) is 0 Å². The van der Waals surface area contributed by atoms with Gasteiger partial charge in [-0.25, -0.2) is 0 Å². The van der Waals surface area contributed by atoms with E-state index in [1.165, 1.54) is 12.8 Å². The van der Waals surface area contributed by atoms with E-state index in [1.807, 2.05) is 32.0 Å². The van der Waals surface area contributed by atoms with Gasteiger partial charge in [0.25, 0.3) is 0 Å². The number of rotatable bonds is 5. The van der Waals surface area contributed by atoms with Crippen LogP contribution in [0.4, 0.5) is 0 Å². The van der Waals surface area contributed by atoms with Crippen molar-refractivity contribution in [3.05, 3.63) is 21.8 Å². The van der Waals surface area contributed by atoms with E-state index in [-0.39, 0.29) is 6.10 Å². The van der Waals surface area contributed by atoms with E-state index in [1.54, 1.807) is 0 Å². The Hall–Kier alpha value is -0.450. The van der Waals surface area contributed by atoms with Gasteiger partial charge in [0.05, 0.1) is 16.3 Å². The summed E-state index contributed by atoms with van der Waals surface area (Å²) in [4.78, 5) is 0. The van der Waals surface area contributed by atoms with Crippen LogP contribution in [0, 0.1) is 9.49 Å². The van der Waals surface area contributed by atoms with Crippen LogP contribution in [0.3, 0.4) is 0 Å². The molecule has 1 aliphatic carbocycles. The molecule has 16 heavy (non-hydrogen) atoms. The molecule has 0 spiro atoms. The van der Waals surface area contributed by atoms with Crippen molar-refractivity contribution in [2.45, 2.75) is 32.8 Å². The second-order valence-corrected chi connectivity index (χ2v) is 5.57. The maximum atomic E-state index is 5.80. The van der Waals surface area contributed by atoms with Gasteiger partial charge < -0.3 is 9.47 Å². The van der Waals surface area contributed by atoms with E-state index in [0.29, 0.717) is 0 Å². The first-order chi connectivity index (χ1) is 7.66. The molecule has 0 radical (unpaired) electrons. The number of halogens is 1. The van der Waals surface area contributed by atoms with Crippen molar-refractivity contribution >= 4 is 22.6 Å². The highest BCUT2D eigenvalue weighted by Gasteiger charge is 2.22. The fourth-order valence-corrected chi connectivity index (χ4v) is 2.08. The van der Waals surface area contributed by atoms with Gasteiger partial charge >= 0.3 is 0 Å². The molecule has 1 aliphatic rings. The predicted octanol–water partition coefficient (Wildman–Crippen LogP) is 3.87. The standard InChI is InChI=1S/C13H17IO2/c1-9(2)16-12-5-3-4-11(13(12)14)15-8-10-6-7-10/h3-5,9-10H,6-8H2,1-2H3. The van der Waals surface area contributed by atoms with Crippen molar-refractivity contribution < 1.29 is 9.47 Å². The van der Waals surface area contributed by atoms with Crippen LogP contribution in [0.1, 0.15) is 26.7 Å². The Morgan fingerprint density at radius 1 is 1.31 bits per heavy atom. The summed E-state index contributed by atoms with van der Waals surface area (Å²) in [6, 6.07) is 5.99. The lowest BCUT2D eigenvalue weighted by molar-refractivity contribution is 0.237. The van der Waals surface area contributed by atoms with Crippen molar-refractivity contribution in [3.8, 4) is 11.5 Å². The maximum absolute atomic E-state index is 5.80. The van der Waals surface area contributed by atoms with E-state index in [0.717, 1.165) is 27.6 Å². The summed E-state index contributed by atoms with van der Waals surface area (Å²) in [5.41, 5.74) is 0. The average Bonchev–Trinajstić information content (AvgIpc) is 3.02. The number of hydrogen-bond acceptors (Lipinski definition) is 2. The normalized spacial score (nSPS) is 15.2. The Morgan fingerprint density at radius 2 is 2.00 bits per heavy atom. The van der Waals surface area contributed by atoms with Crippen LogP contribution in [0.25, 0.3) is 0 Å². The molecule has 0 unspecified atom stereocenters. The third-order valence-corrected chi connectivity index (χ3v) is 3.53. The molecule has 1 aromatic rings. The summed E-state index contributed by atoms with van der Waals surface area (Å²) in [5.74, 6) is 2.65. The van der Waals surface area contributed by atoms with Crippen LogP contribution in [0.15, 0.2) is 18.2 Å². The fraction of sp³-hybridized carbons (Fsp3) is 0.538. The minimum atomic E-state index is 0.201. The summed E-state index contributed by atoms with van der Waals surface area (Å²) in [7, 11) is 0. The van der Waals surface area contributed by atoms with Gasteiger partial charge in [-0.1, -0.05) is 6.07 Å². The second-order valence-electron chi connectivity index (χ2n) is 4.49. The molecule has 0 N–H and O–H groups in total. The van der Waals surface area contributed by atoms with Crippen molar-refractivity contribution in [1.82, 2.24) is 0 Å². The highest BCUT2D eigenvalue weighted by molar-refractivity contribution is 14.1. The lowest BCUT2D eigenvalue weighted by Gasteiger charge is -2.14. The Bertz CT molecular complexity index is 359. The molecule has 0 amide bonds. The third kappa shape index (κ3) is 3.27. The number of ether oxygens (including phenoxy) is 2. The summed E-state index contributed by atoms with van der Waals surface area (Å²) in [5, 5.41) is 0. The van der Waals surface area contributed by atoms with Gasteiger partial charge in [0.1, 0.15) is 11.5 Å². The molecule has 0 atom stereocenters. The molecular weight excluding hydrogens is 315 g/mol.